The molecular formula is C19H13ClN4O. The summed E-state index contributed by atoms with van der Waals surface area (Å²) in [5.74, 6) is -0.292. The van der Waals surface area contributed by atoms with E-state index in [0.29, 0.717) is 27.5 Å². The Kier molecular flexibility index (Phi) is 4.93. The predicted molar refractivity (Wildman–Crippen MR) is 98.1 cm³/mol. The van der Waals surface area contributed by atoms with Crippen molar-refractivity contribution in [3.8, 4) is 6.07 Å². The second kappa shape index (κ2) is 7.47. The van der Waals surface area contributed by atoms with E-state index >= 15 is 0 Å². The standard InChI is InChI=1S/C19H13ClN4O/c20-17-3-1-2-4-18(17)23-16-9-14(11-22-12-16)19(25)24-15-7-5-13(10-21)6-8-15/h1-9,11-12,23H,(H,24,25). The minimum atomic E-state index is -0.292. The highest BCUT2D eigenvalue weighted by molar-refractivity contribution is 6.33. The number of anilines is 3. The molecule has 1 heterocycles. The Morgan fingerprint density at radius 3 is 2.52 bits per heavy atom. The number of carbonyl (C=O) groups excluding carboxylic acids is 1. The van der Waals surface area contributed by atoms with Gasteiger partial charge in [0.15, 0.2) is 0 Å². The van der Waals surface area contributed by atoms with E-state index in [-0.39, 0.29) is 5.91 Å². The number of nitrogens with zero attached hydrogens (tertiary/aromatic N) is 2. The van der Waals surface area contributed by atoms with Gasteiger partial charge in [0.25, 0.3) is 5.91 Å². The molecule has 1 amide bonds. The maximum absolute atomic E-state index is 12.4. The van der Waals surface area contributed by atoms with Crippen LogP contribution in [0.15, 0.2) is 67.0 Å². The van der Waals surface area contributed by atoms with E-state index < -0.39 is 0 Å². The minimum absolute atomic E-state index is 0.292. The summed E-state index contributed by atoms with van der Waals surface area (Å²) >= 11 is 6.12. The van der Waals surface area contributed by atoms with Crippen LogP contribution < -0.4 is 10.6 Å². The average molecular weight is 349 g/mol. The zero-order valence-electron chi connectivity index (χ0n) is 13.0. The molecule has 0 atom stereocenters. The first-order chi connectivity index (χ1) is 12.2. The number of para-hydroxylation sites is 1. The predicted octanol–water partition coefficient (Wildman–Crippen LogP) is 4.60. The maximum atomic E-state index is 12.4. The smallest absolute Gasteiger partial charge is 0.257 e. The van der Waals surface area contributed by atoms with Gasteiger partial charge in [-0.25, -0.2) is 0 Å². The zero-order valence-corrected chi connectivity index (χ0v) is 13.8. The molecule has 0 aliphatic heterocycles. The summed E-state index contributed by atoms with van der Waals surface area (Å²) in [6, 6.07) is 17.7. The van der Waals surface area contributed by atoms with Crippen molar-refractivity contribution in [3.63, 3.8) is 0 Å². The molecule has 0 saturated carbocycles. The second-order valence-corrected chi connectivity index (χ2v) is 5.62. The summed E-state index contributed by atoms with van der Waals surface area (Å²) in [4.78, 5) is 16.5. The second-order valence-electron chi connectivity index (χ2n) is 5.21. The van der Waals surface area contributed by atoms with E-state index in [1.165, 1.54) is 6.20 Å². The van der Waals surface area contributed by atoms with Gasteiger partial charge >= 0.3 is 0 Å². The molecule has 0 radical (unpaired) electrons. The van der Waals surface area contributed by atoms with Crippen molar-refractivity contribution in [2.45, 2.75) is 0 Å². The molecule has 0 unspecified atom stereocenters. The van der Waals surface area contributed by atoms with Gasteiger partial charge in [-0.15, -0.1) is 0 Å². The quantitative estimate of drug-likeness (QED) is 0.722. The Bertz CT molecular complexity index is 948. The van der Waals surface area contributed by atoms with Crippen molar-refractivity contribution in [3.05, 3.63) is 83.1 Å². The fourth-order valence-corrected chi connectivity index (χ4v) is 2.36. The average Bonchev–Trinajstić information content (AvgIpc) is 2.64. The number of hydrogen-bond donors (Lipinski definition) is 2. The van der Waals surface area contributed by atoms with Crippen LogP contribution in [0.5, 0.6) is 0 Å². The lowest BCUT2D eigenvalue weighted by molar-refractivity contribution is 0.102. The van der Waals surface area contributed by atoms with Gasteiger partial charge in [0, 0.05) is 11.9 Å². The highest BCUT2D eigenvalue weighted by Gasteiger charge is 2.08. The molecule has 2 N–H and O–H groups in total. The third-order valence-corrected chi connectivity index (χ3v) is 3.75. The van der Waals surface area contributed by atoms with Crippen LogP contribution in [-0.4, -0.2) is 10.9 Å². The molecule has 1 aromatic heterocycles. The Labute approximate surface area is 149 Å². The van der Waals surface area contributed by atoms with E-state index in [9.17, 15) is 4.79 Å². The normalized spacial score (nSPS) is 9.92. The van der Waals surface area contributed by atoms with Gasteiger partial charge in [0.2, 0.25) is 0 Å². The Balaban J connectivity index is 1.75. The van der Waals surface area contributed by atoms with Crippen LogP contribution in [0.2, 0.25) is 5.02 Å². The van der Waals surface area contributed by atoms with Crippen LogP contribution in [0.3, 0.4) is 0 Å². The van der Waals surface area contributed by atoms with Gasteiger partial charge in [-0.2, -0.15) is 5.26 Å². The Hall–Kier alpha value is -3.36. The molecular weight excluding hydrogens is 336 g/mol. The number of nitriles is 1. The molecule has 5 nitrogen and oxygen atoms in total. The molecule has 25 heavy (non-hydrogen) atoms. The number of rotatable bonds is 4. The van der Waals surface area contributed by atoms with Gasteiger partial charge in [0.1, 0.15) is 0 Å². The number of hydrogen-bond acceptors (Lipinski definition) is 4. The summed E-state index contributed by atoms with van der Waals surface area (Å²) in [6.07, 6.45) is 3.10. The first-order valence-corrected chi connectivity index (χ1v) is 7.81. The lowest BCUT2D eigenvalue weighted by atomic mass is 10.2. The van der Waals surface area contributed by atoms with E-state index in [1.54, 1.807) is 42.6 Å². The lowest BCUT2D eigenvalue weighted by Gasteiger charge is -2.10. The summed E-state index contributed by atoms with van der Waals surface area (Å²) in [5.41, 5.74) is 2.93. The third kappa shape index (κ3) is 4.14. The molecule has 0 aliphatic rings. The summed E-state index contributed by atoms with van der Waals surface area (Å²) in [7, 11) is 0. The van der Waals surface area contributed by atoms with E-state index in [2.05, 4.69) is 15.6 Å². The molecule has 0 saturated heterocycles. The van der Waals surface area contributed by atoms with Gasteiger partial charge in [-0.1, -0.05) is 23.7 Å². The minimum Gasteiger partial charge on any atom is -0.353 e. The van der Waals surface area contributed by atoms with Crippen molar-refractivity contribution >= 4 is 34.6 Å². The van der Waals surface area contributed by atoms with Crippen molar-refractivity contribution in [1.29, 1.82) is 5.26 Å². The van der Waals surface area contributed by atoms with Gasteiger partial charge in [-0.05, 0) is 42.5 Å². The molecule has 6 heteroatoms. The number of carbonyl (C=O) groups is 1. The number of nitrogens with one attached hydrogen (secondary N) is 2. The SMILES string of the molecule is N#Cc1ccc(NC(=O)c2cncc(Nc3ccccc3Cl)c2)cc1. The zero-order chi connectivity index (χ0) is 17.6. The summed E-state index contributed by atoms with van der Waals surface area (Å²) < 4.78 is 0. The monoisotopic (exact) mass is 348 g/mol. The van der Waals surface area contributed by atoms with Gasteiger partial charge < -0.3 is 10.6 Å². The van der Waals surface area contributed by atoms with E-state index in [0.717, 1.165) is 5.69 Å². The summed E-state index contributed by atoms with van der Waals surface area (Å²) in [6.45, 7) is 0. The van der Waals surface area contributed by atoms with Crippen LogP contribution in [0.25, 0.3) is 0 Å². The maximum Gasteiger partial charge on any atom is 0.257 e. The fraction of sp³-hybridized carbons (Fsp3) is 0. The molecule has 0 aliphatic carbocycles. The highest BCUT2D eigenvalue weighted by atomic mass is 35.5. The topological polar surface area (TPSA) is 77.8 Å². The van der Waals surface area contributed by atoms with Crippen molar-refractivity contribution < 1.29 is 4.79 Å². The first-order valence-electron chi connectivity index (χ1n) is 7.44. The van der Waals surface area contributed by atoms with E-state index in [4.69, 9.17) is 16.9 Å². The molecule has 0 bridgehead atoms. The van der Waals surface area contributed by atoms with E-state index in [1.807, 2.05) is 24.3 Å². The lowest BCUT2D eigenvalue weighted by Crippen LogP contribution is -2.12. The first kappa shape index (κ1) is 16.5. The number of amides is 1. The van der Waals surface area contributed by atoms with Crippen LogP contribution in [0.4, 0.5) is 17.1 Å². The van der Waals surface area contributed by atoms with Crippen molar-refractivity contribution in [2.75, 3.05) is 10.6 Å². The summed E-state index contributed by atoms with van der Waals surface area (Å²) in [5, 5.41) is 15.3. The van der Waals surface area contributed by atoms with Crippen molar-refractivity contribution in [1.82, 2.24) is 4.98 Å². The largest absolute Gasteiger partial charge is 0.353 e. The molecule has 3 rings (SSSR count). The molecule has 0 spiro atoms. The van der Waals surface area contributed by atoms with Crippen molar-refractivity contribution in [2.24, 2.45) is 0 Å². The van der Waals surface area contributed by atoms with Crippen LogP contribution in [-0.2, 0) is 0 Å². The molecule has 122 valence electrons. The number of aromatic nitrogens is 1. The molecule has 3 aromatic rings. The molecule has 2 aromatic carbocycles. The molecule has 0 fully saturated rings. The van der Waals surface area contributed by atoms with Gasteiger partial charge in [-0.3, -0.25) is 9.78 Å². The fourth-order valence-electron chi connectivity index (χ4n) is 2.18. The number of pyridine rings is 1. The number of halogens is 1. The number of benzene rings is 2. The Morgan fingerprint density at radius 1 is 1.04 bits per heavy atom. The van der Waals surface area contributed by atoms with Crippen LogP contribution >= 0.6 is 11.6 Å². The van der Waals surface area contributed by atoms with Crippen LogP contribution in [0.1, 0.15) is 15.9 Å². The highest BCUT2D eigenvalue weighted by Crippen LogP contribution is 2.25. The van der Waals surface area contributed by atoms with Gasteiger partial charge in [0.05, 0.1) is 39.8 Å². The Morgan fingerprint density at radius 2 is 1.80 bits per heavy atom. The van der Waals surface area contributed by atoms with Crippen LogP contribution in [0, 0.1) is 11.3 Å². The third-order valence-electron chi connectivity index (χ3n) is 3.43.